The summed E-state index contributed by atoms with van der Waals surface area (Å²) in [5, 5.41) is 24.6. The molecule has 0 saturated heterocycles. The Hall–Kier alpha value is -2.69. The van der Waals surface area contributed by atoms with E-state index in [0.29, 0.717) is 11.2 Å². The van der Waals surface area contributed by atoms with Gasteiger partial charge in [0.1, 0.15) is 11.7 Å². The molecule has 2 heterocycles. The summed E-state index contributed by atoms with van der Waals surface area (Å²) in [5.74, 6) is 0.930. The molecule has 1 N–H and O–H groups in total. The predicted octanol–water partition coefficient (Wildman–Crippen LogP) is 2.55. The van der Waals surface area contributed by atoms with Crippen LogP contribution < -0.4 is 5.32 Å². The minimum absolute atomic E-state index is 0.0410. The van der Waals surface area contributed by atoms with Crippen LogP contribution in [0.2, 0.25) is 0 Å². The monoisotopic (exact) mass is 342 g/mol. The molecule has 0 bridgehead atoms. The van der Waals surface area contributed by atoms with Crippen molar-refractivity contribution in [2.75, 3.05) is 0 Å². The Bertz CT molecular complexity index is 817. The van der Waals surface area contributed by atoms with Crippen molar-refractivity contribution in [2.45, 2.75) is 64.0 Å². The molecule has 0 aromatic carbocycles. The van der Waals surface area contributed by atoms with Crippen molar-refractivity contribution in [3.05, 3.63) is 23.7 Å². The average molecular weight is 342 g/mol. The van der Waals surface area contributed by atoms with Crippen LogP contribution in [0.1, 0.15) is 63.8 Å². The highest BCUT2D eigenvalue weighted by molar-refractivity contribution is 5.68. The van der Waals surface area contributed by atoms with Gasteiger partial charge in [-0.3, -0.25) is 0 Å². The minimum atomic E-state index is -0.510. The summed E-state index contributed by atoms with van der Waals surface area (Å²) in [6.45, 7) is 5.54. The largest absolute Gasteiger partial charge is 0.444 e. The van der Waals surface area contributed by atoms with Crippen molar-refractivity contribution >= 4 is 11.7 Å². The van der Waals surface area contributed by atoms with Crippen LogP contribution in [0, 0.1) is 11.3 Å². The fraction of sp³-hybridized carbons (Fsp3) is 0.588. The molecule has 132 valence electrons. The van der Waals surface area contributed by atoms with Gasteiger partial charge in [-0.05, 0) is 40.0 Å². The molecule has 2 aromatic heterocycles. The third-order valence-electron chi connectivity index (χ3n) is 4.18. The first-order chi connectivity index (χ1) is 11.9. The van der Waals surface area contributed by atoms with Gasteiger partial charge in [0.05, 0.1) is 11.8 Å². The lowest BCUT2D eigenvalue weighted by Gasteiger charge is -2.29. The van der Waals surface area contributed by atoms with E-state index in [1.165, 1.54) is 6.20 Å². The number of carbonyl (C=O) groups is 1. The Balaban J connectivity index is 1.71. The topological polar surface area (TPSA) is 105 Å². The van der Waals surface area contributed by atoms with E-state index in [0.717, 1.165) is 31.5 Å². The number of ether oxygens (including phenoxy) is 1. The standard InChI is InChI=1S/C17H22N6O2/c1-17(2,3)25-16(24)20-13-6-4-5-12(8-13)15-22-21-14-7-11(9-18)10-19-23(14)15/h7,10,12-13H,4-6,8H2,1-3H3,(H,20,24)/t12-,13+/m0/s1. The van der Waals surface area contributed by atoms with Crippen LogP contribution >= 0.6 is 0 Å². The van der Waals surface area contributed by atoms with Crippen LogP contribution in [0.3, 0.4) is 0 Å². The number of amides is 1. The van der Waals surface area contributed by atoms with E-state index in [9.17, 15) is 4.79 Å². The van der Waals surface area contributed by atoms with Gasteiger partial charge in [0, 0.05) is 18.0 Å². The Morgan fingerprint density at radius 2 is 2.20 bits per heavy atom. The second kappa shape index (κ2) is 6.67. The van der Waals surface area contributed by atoms with Gasteiger partial charge in [0.15, 0.2) is 11.5 Å². The van der Waals surface area contributed by atoms with Gasteiger partial charge >= 0.3 is 6.09 Å². The van der Waals surface area contributed by atoms with Crippen LogP contribution in [0.5, 0.6) is 0 Å². The molecule has 1 aliphatic carbocycles. The van der Waals surface area contributed by atoms with Gasteiger partial charge in [0.25, 0.3) is 0 Å². The Morgan fingerprint density at radius 3 is 2.92 bits per heavy atom. The van der Waals surface area contributed by atoms with Crippen molar-refractivity contribution in [2.24, 2.45) is 0 Å². The van der Waals surface area contributed by atoms with Crippen molar-refractivity contribution in [1.82, 2.24) is 25.1 Å². The smallest absolute Gasteiger partial charge is 0.407 e. The molecule has 8 heteroatoms. The van der Waals surface area contributed by atoms with E-state index in [1.807, 2.05) is 20.8 Å². The molecule has 1 saturated carbocycles. The molecule has 0 radical (unpaired) electrons. The Kier molecular flexibility index (Phi) is 4.57. The first kappa shape index (κ1) is 17.1. The summed E-state index contributed by atoms with van der Waals surface area (Å²) in [6.07, 6.45) is 4.76. The number of hydrogen-bond acceptors (Lipinski definition) is 6. The van der Waals surface area contributed by atoms with Gasteiger partial charge in [-0.1, -0.05) is 6.42 Å². The summed E-state index contributed by atoms with van der Waals surface area (Å²) in [5.41, 5.74) is 0.514. The molecule has 0 aliphatic heterocycles. The van der Waals surface area contributed by atoms with E-state index < -0.39 is 5.60 Å². The van der Waals surface area contributed by atoms with Crippen LogP contribution in [-0.2, 0) is 4.74 Å². The first-order valence-electron chi connectivity index (χ1n) is 8.46. The molecule has 8 nitrogen and oxygen atoms in total. The zero-order valence-corrected chi connectivity index (χ0v) is 14.7. The third-order valence-corrected chi connectivity index (χ3v) is 4.18. The second-order valence-corrected chi connectivity index (χ2v) is 7.39. The van der Waals surface area contributed by atoms with Gasteiger partial charge < -0.3 is 10.1 Å². The van der Waals surface area contributed by atoms with E-state index in [2.05, 4.69) is 26.7 Å². The zero-order valence-electron chi connectivity index (χ0n) is 14.7. The molecule has 3 rings (SSSR count). The van der Waals surface area contributed by atoms with Crippen molar-refractivity contribution in [3.8, 4) is 6.07 Å². The maximum absolute atomic E-state index is 12.0. The maximum Gasteiger partial charge on any atom is 0.407 e. The minimum Gasteiger partial charge on any atom is -0.444 e. The molecular formula is C17H22N6O2. The van der Waals surface area contributed by atoms with E-state index in [4.69, 9.17) is 10.00 Å². The first-order valence-corrected chi connectivity index (χ1v) is 8.46. The van der Waals surface area contributed by atoms with E-state index in [-0.39, 0.29) is 18.1 Å². The van der Waals surface area contributed by atoms with Gasteiger partial charge in [-0.25, -0.2) is 4.79 Å². The van der Waals surface area contributed by atoms with Crippen LogP contribution in [0.15, 0.2) is 12.3 Å². The van der Waals surface area contributed by atoms with Gasteiger partial charge in [0.2, 0.25) is 0 Å². The normalized spacial score (nSPS) is 20.9. The molecule has 2 aromatic rings. The predicted molar refractivity (Wildman–Crippen MR) is 89.9 cm³/mol. The lowest BCUT2D eigenvalue weighted by molar-refractivity contribution is 0.0490. The molecule has 1 amide bonds. The second-order valence-electron chi connectivity index (χ2n) is 7.39. The number of hydrogen-bond donors (Lipinski definition) is 1. The highest BCUT2D eigenvalue weighted by Crippen LogP contribution is 2.32. The number of rotatable bonds is 2. The summed E-state index contributed by atoms with van der Waals surface area (Å²) in [6, 6.07) is 3.76. The molecule has 0 unspecified atom stereocenters. The lowest BCUT2D eigenvalue weighted by Crippen LogP contribution is -2.41. The summed E-state index contributed by atoms with van der Waals surface area (Å²) in [4.78, 5) is 12.0. The Morgan fingerprint density at radius 1 is 1.40 bits per heavy atom. The zero-order chi connectivity index (χ0) is 18.0. The molecule has 1 fully saturated rings. The molecule has 0 spiro atoms. The van der Waals surface area contributed by atoms with Gasteiger partial charge in [-0.2, -0.15) is 14.9 Å². The summed E-state index contributed by atoms with van der Waals surface area (Å²) >= 11 is 0. The molecular weight excluding hydrogens is 320 g/mol. The number of alkyl carbamates (subject to hydrolysis) is 1. The van der Waals surface area contributed by atoms with Crippen molar-refractivity contribution < 1.29 is 9.53 Å². The number of nitrogens with one attached hydrogen (secondary N) is 1. The van der Waals surface area contributed by atoms with Crippen LogP contribution in [0.25, 0.3) is 5.65 Å². The quantitative estimate of drug-likeness (QED) is 0.899. The Labute approximate surface area is 146 Å². The van der Waals surface area contributed by atoms with Crippen LogP contribution in [0.4, 0.5) is 4.79 Å². The summed E-state index contributed by atoms with van der Waals surface area (Å²) in [7, 11) is 0. The number of carbonyl (C=O) groups excluding carboxylic acids is 1. The number of nitrogens with zero attached hydrogens (tertiary/aromatic N) is 5. The van der Waals surface area contributed by atoms with E-state index >= 15 is 0 Å². The third kappa shape index (κ3) is 4.05. The highest BCUT2D eigenvalue weighted by Gasteiger charge is 2.29. The average Bonchev–Trinajstić information content (AvgIpc) is 2.96. The fourth-order valence-electron chi connectivity index (χ4n) is 3.15. The highest BCUT2D eigenvalue weighted by atomic mass is 16.6. The molecule has 2 atom stereocenters. The number of fused-ring (bicyclic) bond motifs is 1. The number of aromatic nitrogens is 4. The lowest BCUT2D eigenvalue weighted by atomic mass is 9.85. The van der Waals surface area contributed by atoms with Crippen molar-refractivity contribution in [1.29, 1.82) is 5.26 Å². The molecule has 1 aliphatic rings. The van der Waals surface area contributed by atoms with Crippen molar-refractivity contribution in [3.63, 3.8) is 0 Å². The summed E-state index contributed by atoms with van der Waals surface area (Å²) < 4.78 is 7.02. The van der Waals surface area contributed by atoms with E-state index in [1.54, 1.807) is 10.6 Å². The van der Waals surface area contributed by atoms with Gasteiger partial charge in [-0.15, -0.1) is 10.2 Å². The maximum atomic E-state index is 12.0. The van der Waals surface area contributed by atoms with Crippen LogP contribution in [-0.4, -0.2) is 37.5 Å². The number of nitriles is 1. The molecule has 25 heavy (non-hydrogen) atoms. The fourth-order valence-corrected chi connectivity index (χ4v) is 3.15. The SMILES string of the molecule is CC(C)(C)OC(=O)N[C@@H]1CCC[C@H](c2nnc3cc(C#N)cnn23)C1.